The first-order valence-electron chi connectivity index (χ1n) is 3.19. The van der Waals surface area contributed by atoms with Gasteiger partial charge in [0.05, 0.1) is 10.4 Å². The van der Waals surface area contributed by atoms with Crippen LogP contribution in [0.4, 0.5) is 0 Å². The quantitative estimate of drug-likeness (QED) is 0.601. The Hall–Kier alpha value is 0.140. The third kappa shape index (κ3) is 2.31. The lowest BCUT2D eigenvalue weighted by atomic mass is 10.2. The minimum Gasteiger partial charge on any atom is -0.293 e. The van der Waals surface area contributed by atoms with Crippen molar-refractivity contribution in [2.45, 2.75) is 0 Å². The predicted molar refractivity (Wildman–Crippen MR) is 57.3 cm³/mol. The van der Waals surface area contributed by atoms with Crippen LogP contribution in [0.15, 0.2) is 22.7 Å². The summed E-state index contributed by atoms with van der Waals surface area (Å²) in [4.78, 5) is 11.2. The number of benzene rings is 1. The zero-order valence-electron chi connectivity index (χ0n) is 5.98. The molecule has 1 aromatic rings. The zero-order valence-corrected chi connectivity index (χ0v) is 9.91. The fraction of sp³-hybridized carbons (Fsp3) is 0.125. The van der Waals surface area contributed by atoms with Gasteiger partial charge in [-0.25, -0.2) is 0 Å². The standard InChI is InChI=1S/C8H5Br2ClO/c9-4-8(12)5-1-2-7(11)6(10)3-5/h1-3H,4H2. The van der Waals surface area contributed by atoms with Gasteiger partial charge in [0.1, 0.15) is 0 Å². The highest BCUT2D eigenvalue weighted by Crippen LogP contribution is 2.23. The number of ketones is 1. The van der Waals surface area contributed by atoms with E-state index in [1.54, 1.807) is 18.2 Å². The molecule has 0 aromatic heterocycles. The molecule has 1 aromatic carbocycles. The van der Waals surface area contributed by atoms with E-state index >= 15 is 0 Å². The van der Waals surface area contributed by atoms with E-state index in [4.69, 9.17) is 11.6 Å². The highest BCUT2D eigenvalue weighted by molar-refractivity contribution is 9.10. The summed E-state index contributed by atoms with van der Waals surface area (Å²) in [5.41, 5.74) is 0.656. The number of halogens is 3. The maximum atomic E-state index is 11.2. The van der Waals surface area contributed by atoms with E-state index < -0.39 is 0 Å². The molecule has 0 aliphatic heterocycles. The molecule has 1 rings (SSSR count). The average Bonchev–Trinajstić information content (AvgIpc) is 2.08. The summed E-state index contributed by atoms with van der Waals surface area (Å²) in [5.74, 6) is 0.0485. The summed E-state index contributed by atoms with van der Waals surface area (Å²) in [6, 6.07) is 5.12. The molecule has 0 unspecified atom stereocenters. The minimum absolute atomic E-state index is 0.0485. The molecule has 0 bridgehead atoms. The van der Waals surface area contributed by atoms with E-state index in [0.717, 1.165) is 4.47 Å². The third-order valence-electron chi connectivity index (χ3n) is 1.36. The van der Waals surface area contributed by atoms with Crippen LogP contribution in [0.5, 0.6) is 0 Å². The van der Waals surface area contributed by atoms with Crippen molar-refractivity contribution in [3.05, 3.63) is 33.3 Å². The topological polar surface area (TPSA) is 17.1 Å². The number of hydrogen-bond donors (Lipinski definition) is 0. The number of alkyl halides is 1. The summed E-state index contributed by atoms with van der Waals surface area (Å²) >= 11 is 12.1. The molecule has 12 heavy (non-hydrogen) atoms. The molecule has 0 saturated heterocycles. The fourth-order valence-electron chi connectivity index (χ4n) is 0.747. The van der Waals surface area contributed by atoms with Crippen LogP contribution in [-0.4, -0.2) is 11.1 Å². The SMILES string of the molecule is O=C(CBr)c1ccc(Cl)c(Br)c1. The van der Waals surface area contributed by atoms with Crippen LogP contribution in [-0.2, 0) is 0 Å². The Balaban J connectivity index is 3.05. The number of carbonyl (C=O) groups is 1. The maximum absolute atomic E-state index is 11.2. The maximum Gasteiger partial charge on any atom is 0.173 e. The van der Waals surface area contributed by atoms with E-state index in [-0.39, 0.29) is 5.78 Å². The van der Waals surface area contributed by atoms with Gasteiger partial charge in [-0.3, -0.25) is 4.79 Å². The van der Waals surface area contributed by atoms with Gasteiger partial charge in [-0.05, 0) is 34.1 Å². The number of rotatable bonds is 2. The van der Waals surface area contributed by atoms with E-state index in [0.29, 0.717) is 15.9 Å². The van der Waals surface area contributed by atoms with Crippen molar-refractivity contribution in [1.29, 1.82) is 0 Å². The molecule has 0 amide bonds. The van der Waals surface area contributed by atoms with Crippen LogP contribution < -0.4 is 0 Å². The molecule has 0 N–H and O–H groups in total. The van der Waals surface area contributed by atoms with Crippen LogP contribution in [0.1, 0.15) is 10.4 Å². The van der Waals surface area contributed by atoms with E-state index in [2.05, 4.69) is 31.9 Å². The molecular weight excluding hydrogens is 307 g/mol. The van der Waals surface area contributed by atoms with Gasteiger partial charge < -0.3 is 0 Å². The molecule has 1 nitrogen and oxygen atoms in total. The molecule has 0 aliphatic rings. The Morgan fingerprint density at radius 2 is 2.17 bits per heavy atom. The Bertz CT molecular complexity index is 312. The Morgan fingerprint density at radius 1 is 1.50 bits per heavy atom. The Labute approximate surface area is 92.4 Å². The van der Waals surface area contributed by atoms with Crippen molar-refractivity contribution >= 4 is 49.2 Å². The minimum atomic E-state index is 0.0485. The van der Waals surface area contributed by atoms with Crippen molar-refractivity contribution in [1.82, 2.24) is 0 Å². The first-order chi connectivity index (χ1) is 5.65. The number of hydrogen-bond acceptors (Lipinski definition) is 1. The van der Waals surface area contributed by atoms with Crippen molar-refractivity contribution in [3.63, 3.8) is 0 Å². The van der Waals surface area contributed by atoms with Crippen LogP contribution in [0, 0.1) is 0 Å². The van der Waals surface area contributed by atoms with Gasteiger partial charge in [0.2, 0.25) is 0 Å². The lowest BCUT2D eigenvalue weighted by Crippen LogP contribution is -1.99. The zero-order chi connectivity index (χ0) is 9.14. The van der Waals surface area contributed by atoms with E-state index in [1.807, 2.05) is 0 Å². The van der Waals surface area contributed by atoms with E-state index in [1.165, 1.54) is 0 Å². The first-order valence-corrected chi connectivity index (χ1v) is 5.48. The Morgan fingerprint density at radius 3 is 2.67 bits per heavy atom. The molecule has 0 heterocycles. The number of carbonyl (C=O) groups excluding carboxylic acids is 1. The summed E-state index contributed by atoms with van der Waals surface area (Å²) in [5, 5.41) is 0.947. The van der Waals surface area contributed by atoms with Crippen molar-refractivity contribution in [2.24, 2.45) is 0 Å². The molecule has 0 spiro atoms. The summed E-state index contributed by atoms with van der Waals surface area (Å²) in [6.45, 7) is 0. The molecule has 4 heteroatoms. The first kappa shape index (κ1) is 10.2. The van der Waals surface area contributed by atoms with Gasteiger partial charge in [-0.15, -0.1) is 0 Å². The average molecular weight is 312 g/mol. The molecule has 0 radical (unpaired) electrons. The summed E-state index contributed by atoms with van der Waals surface area (Å²) in [7, 11) is 0. The van der Waals surface area contributed by atoms with Crippen molar-refractivity contribution in [3.8, 4) is 0 Å². The van der Waals surface area contributed by atoms with Crippen molar-refractivity contribution < 1.29 is 4.79 Å². The Kier molecular flexibility index (Phi) is 3.75. The smallest absolute Gasteiger partial charge is 0.173 e. The van der Waals surface area contributed by atoms with Crippen LogP contribution >= 0.6 is 43.5 Å². The van der Waals surface area contributed by atoms with Crippen molar-refractivity contribution in [2.75, 3.05) is 5.33 Å². The molecule has 0 aliphatic carbocycles. The normalized spacial score (nSPS) is 9.92. The van der Waals surface area contributed by atoms with Crippen LogP contribution in [0.3, 0.4) is 0 Å². The lowest BCUT2D eigenvalue weighted by molar-refractivity contribution is 0.102. The summed E-state index contributed by atoms with van der Waals surface area (Å²) in [6.07, 6.45) is 0. The van der Waals surface area contributed by atoms with Gasteiger partial charge >= 0.3 is 0 Å². The third-order valence-corrected chi connectivity index (χ3v) is 3.09. The second-order valence-corrected chi connectivity index (χ2v) is 4.01. The van der Waals surface area contributed by atoms with Gasteiger partial charge in [0.25, 0.3) is 0 Å². The van der Waals surface area contributed by atoms with Gasteiger partial charge in [-0.1, -0.05) is 27.5 Å². The van der Waals surface area contributed by atoms with Crippen LogP contribution in [0.25, 0.3) is 0 Å². The second-order valence-electron chi connectivity index (χ2n) is 2.19. The van der Waals surface area contributed by atoms with Crippen LogP contribution in [0.2, 0.25) is 5.02 Å². The predicted octanol–water partition coefficient (Wildman–Crippen LogP) is 3.68. The highest BCUT2D eigenvalue weighted by atomic mass is 79.9. The lowest BCUT2D eigenvalue weighted by Gasteiger charge is -1.99. The summed E-state index contributed by atoms with van der Waals surface area (Å²) < 4.78 is 0.746. The molecule has 0 saturated carbocycles. The van der Waals surface area contributed by atoms with Gasteiger partial charge in [-0.2, -0.15) is 0 Å². The highest BCUT2D eigenvalue weighted by Gasteiger charge is 2.05. The number of Topliss-reactive ketones (excluding diaryl/α,β-unsaturated/α-hetero) is 1. The molecule has 0 atom stereocenters. The molecular formula is C8H5Br2ClO. The van der Waals surface area contributed by atoms with Gasteiger partial charge in [0.15, 0.2) is 5.78 Å². The van der Waals surface area contributed by atoms with Gasteiger partial charge in [0, 0.05) is 10.0 Å². The largest absolute Gasteiger partial charge is 0.293 e. The second kappa shape index (κ2) is 4.40. The molecule has 64 valence electrons. The molecule has 0 fully saturated rings. The van der Waals surface area contributed by atoms with E-state index in [9.17, 15) is 4.79 Å². The monoisotopic (exact) mass is 310 g/mol. The fourth-order valence-corrected chi connectivity index (χ4v) is 1.57.